The van der Waals surface area contributed by atoms with Gasteiger partial charge in [0.1, 0.15) is 0 Å². The minimum Gasteiger partial charge on any atom is -0.285 e. The summed E-state index contributed by atoms with van der Waals surface area (Å²) in [5.41, 5.74) is -3.40. The molecule has 0 aliphatic carbocycles. The van der Waals surface area contributed by atoms with Crippen molar-refractivity contribution in [1.29, 1.82) is 5.26 Å². The van der Waals surface area contributed by atoms with E-state index in [0.717, 1.165) is 10.7 Å². The van der Waals surface area contributed by atoms with E-state index in [1.807, 2.05) is 6.07 Å². The molecule has 0 unspecified atom stereocenters. The summed E-state index contributed by atoms with van der Waals surface area (Å²) in [6.45, 7) is -0.584. The van der Waals surface area contributed by atoms with Gasteiger partial charge in [-0.25, -0.2) is 4.68 Å². The third-order valence-electron chi connectivity index (χ3n) is 4.37. The first-order valence-electron chi connectivity index (χ1n) is 7.80. The highest BCUT2D eigenvalue weighted by molar-refractivity contribution is 5.80. The summed E-state index contributed by atoms with van der Waals surface area (Å²) in [5.74, 6) is 0. The topological polar surface area (TPSA) is 50.7 Å². The quantitative estimate of drug-likeness (QED) is 0.604. The van der Waals surface area contributed by atoms with E-state index in [-0.39, 0.29) is 17.0 Å². The first-order chi connectivity index (χ1) is 12.9. The van der Waals surface area contributed by atoms with Gasteiger partial charge in [0.25, 0.3) is 5.56 Å². The maximum Gasteiger partial charge on any atom is 0.416 e. The van der Waals surface area contributed by atoms with Crippen molar-refractivity contribution >= 4 is 10.9 Å². The summed E-state index contributed by atoms with van der Waals surface area (Å²) in [5, 5.41) is 9.14. The Hall–Kier alpha value is -3.22. The number of hydrogen-bond acceptors (Lipinski definition) is 2. The molecule has 0 spiro atoms. The molecule has 0 fully saturated rings. The molecule has 0 bridgehead atoms. The molecule has 1 aromatic heterocycles. The number of aromatic nitrogens is 2. The molecule has 4 nitrogen and oxygen atoms in total. The molecule has 0 N–H and O–H groups in total. The number of halogens is 6. The Labute approximate surface area is 153 Å². The van der Waals surface area contributed by atoms with Crippen molar-refractivity contribution in [2.75, 3.05) is 0 Å². The van der Waals surface area contributed by atoms with Gasteiger partial charge in [0.05, 0.1) is 40.2 Å². The second kappa shape index (κ2) is 6.44. The minimum atomic E-state index is -5.03. The lowest BCUT2D eigenvalue weighted by molar-refractivity contribution is -0.143. The van der Waals surface area contributed by atoms with Crippen LogP contribution in [0.1, 0.15) is 22.3 Å². The molecule has 3 aromatic rings. The summed E-state index contributed by atoms with van der Waals surface area (Å²) in [6.07, 6.45) is -9.96. The molecule has 10 heteroatoms. The van der Waals surface area contributed by atoms with Crippen LogP contribution in [0, 0.1) is 11.3 Å². The summed E-state index contributed by atoms with van der Waals surface area (Å²) in [6, 6.07) is 7.38. The Bertz CT molecular complexity index is 1160. The summed E-state index contributed by atoms with van der Waals surface area (Å²) in [7, 11) is 1.42. The lowest BCUT2D eigenvalue weighted by Crippen LogP contribution is -2.24. The molecule has 28 heavy (non-hydrogen) atoms. The number of hydrogen-bond donors (Lipinski definition) is 0. The molecular formula is C18H11F6N3O. The summed E-state index contributed by atoms with van der Waals surface area (Å²) < 4.78 is 80.6. The smallest absolute Gasteiger partial charge is 0.285 e. The predicted octanol–water partition coefficient (Wildman–Crippen LogP) is 4.30. The van der Waals surface area contributed by atoms with Gasteiger partial charge in [0.15, 0.2) is 0 Å². The SMILES string of the molecule is Cn1c2cc(C#N)ccc2c(=O)n1Cc1ccc(C(F)(F)F)cc1C(F)(F)F. The zero-order chi connectivity index (χ0) is 20.9. The van der Waals surface area contributed by atoms with Crippen LogP contribution in [0.3, 0.4) is 0 Å². The van der Waals surface area contributed by atoms with Gasteiger partial charge < -0.3 is 0 Å². The fourth-order valence-corrected chi connectivity index (χ4v) is 2.95. The number of rotatable bonds is 2. The molecule has 146 valence electrons. The zero-order valence-corrected chi connectivity index (χ0v) is 14.2. The average molecular weight is 399 g/mol. The minimum absolute atomic E-state index is 0.0385. The van der Waals surface area contributed by atoms with Crippen LogP contribution in [0.2, 0.25) is 0 Å². The standard InChI is InChI=1S/C18H11F6N3O/c1-26-15-6-10(8-25)2-5-13(15)16(28)27(26)9-11-3-4-12(17(19,20)21)7-14(11)18(22,23)24/h2-7H,9H2,1H3. The van der Waals surface area contributed by atoms with Gasteiger partial charge in [-0.15, -0.1) is 0 Å². The van der Waals surface area contributed by atoms with E-state index in [1.165, 1.54) is 29.9 Å². The van der Waals surface area contributed by atoms with E-state index in [2.05, 4.69) is 0 Å². The normalized spacial score (nSPS) is 12.4. The molecule has 1 heterocycles. The molecule has 0 radical (unpaired) electrons. The van der Waals surface area contributed by atoms with E-state index >= 15 is 0 Å². The Kier molecular flexibility index (Phi) is 4.49. The van der Waals surface area contributed by atoms with E-state index < -0.39 is 41.1 Å². The van der Waals surface area contributed by atoms with Crippen LogP contribution < -0.4 is 5.56 Å². The van der Waals surface area contributed by atoms with Crippen LogP contribution in [0.15, 0.2) is 41.2 Å². The number of benzene rings is 2. The van der Waals surface area contributed by atoms with Crippen molar-refractivity contribution in [3.05, 3.63) is 69.0 Å². The zero-order valence-electron chi connectivity index (χ0n) is 14.2. The van der Waals surface area contributed by atoms with Crippen LogP contribution >= 0.6 is 0 Å². The maximum atomic E-state index is 13.3. The lowest BCUT2D eigenvalue weighted by atomic mass is 10.0. The van der Waals surface area contributed by atoms with Gasteiger partial charge in [-0.05, 0) is 35.9 Å². The van der Waals surface area contributed by atoms with Crippen LogP contribution in [-0.2, 0) is 25.9 Å². The Morgan fingerprint density at radius 3 is 2.25 bits per heavy atom. The van der Waals surface area contributed by atoms with Gasteiger partial charge in [-0.3, -0.25) is 9.48 Å². The lowest BCUT2D eigenvalue weighted by Gasteiger charge is -2.17. The number of fused-ring (bicyclic) bond motifs is 1. The van der Waals surface area contributed by atoms with Crippen molar-refractivity contribution in [3.8, 4) is 6.07 Å². The summed E-state index contributed by atoms with van der Waals surface area (Å²) in [4.78, 5) is 12.5. The van der Waals surface area contributed by atoms with Crippen LogP contribution in [0.25, 0.3) is 10.9 Å². The second-order valence-corrected chi connectivity index (χ2v) is 6.10. The molecule has 0 atom stereocenters. The Morgan fingerprint density at radius 1 is 1.00 bits per heavy atom. The van der Waals surface area contributed by atoms with Crippen molar-refractivity contribution in [2.24, 2.45) is 7.05 Å². The highest BCUT2D eigenvalue weighted by Crippen LogP contribution is 2.37. The fraction of sp³-hybridized carbons (Fsp3) is 0.222. The van der Waals surface area contributed by atoms with Gasteiger partial charge in [-0.1, -0.05) is 6.07 Å². The second-order valence-electron chi connectivity index (χ2n) is 6.10. The number of alkyl halides is 6. The Morgan fingerprint density at radius 2 is 1.68 bits per heavy atom. The highest BCUT2D eigenvalue weighted by atomic mass is 19.4. The molecule has 3 rings (SSSR count). The monoisotopic (exact) mass is 399 g/mol. The molecular weight excluding hydrogens is 388 g/mol. The van der Waals surface area contributed by atoms with Crippen LogP contribution in [-0.4, -0.2) is 9.36 Å². The Balaban J connectivity index is 2.17. The number of nitrogens with zero attached hydrogens (tertiary/aromatic N) is 3. The van der Waals surface area contributed by atoms with Crippen LogP contribution in [0.4, 0.5) is 26.3 Å². The largest absolute Gasteiger partial charge is 0.416 e. The van der Waals surface area contributed by atoms with E-state index in [4.69, 9.17) is 5.26 Å². The third kappa shape index (κ3) is 3.35. The molecule has 0 aliphatic heterocycles. The van der Waals surface area contributed by atoms with Gasteiger partial charge in [0, 0.05) is 7.05 Å². The third-order valence-corrected chi connectivity index (χ3v) is 4.37. The maximum absolute atomic E-state index is 13.3. The van der Waals surface area contributed by atoms with E-state index in [9.17, 15) is 31.1 Å². The predicted molar refractivity (Wildman–Crippen MR) is 87.4 cm³/mol. The van der Waals surface area contributed by atoms with Gasteiger partial charge in [0.2, 0.25) is 0 Å². The van der Waals surface area contributed by atoms with Crippen molar-refractivity contribution in [1.82, 2.24) is 9.36 Å². The van der Waals surface area contributed by atoms with E-state index in [0.29, 0.717) is 11.6 Å². The van der Waals surface area contributed by atoms with Crippen molar-refractivity contribution in [3.63, 3.8) is 0 Å². The van der Waals surface area contributed by atoms with Crippen LogP contribution in [0.5, 0.6) is 0 Å². The highest BCUT2D eigenvalue weighted by Gasteiger charge is 2.38. The number of nitriles is 1. The molecule has 2 aromatic carbocycles. The average Bonchev–Trinajstić information content (AvgIpc) is 2.84. The first kappa shape index (κ1) is 19.5. The van der Waals surface area contributed by atoms with Crippen molar-refractivity contribution in [2.45, 2.75) is 18.9 Å². The van der Waals surface area contributed by atoms with Crippen molar-refractivity contribution < 1.29 is 26.3 Å². The molecule has 0 saturated heterocycles. The first-order valence-corrected chi connectivity index (χ1v) is 7.80. The molecule has 0 amide bonds. The van der Waals surface area contributed by atoms with Gasteiger partial charge in [-0.2, -0.15) is 31.6 Å². The van der Waals surface area contributed by atoms with E-state index in [1.54, 1.807) is 0 Å². The number of aryl methyl sites for hydroxylation is 1. The molecule has 0 saturated carbocycles. The van der Waals surface area contributed by atoms with Gasteiger partial charge >= 0.3 is 12.4 Å². The molecule has 0 aliphatic rings. The summed E-state index contributed by atoms with van der Waals surface area (Å²) >= 11 is 0. The fourth-order valence-electron chi connectivity index (χ4n) is 2.95.